The third kappa shape index (κ3) is 2.27. The minimum atomic E-state index is -4.43. The molecule has 0 spiro atoms. The van der Waals surface area contributed by atoms with Gasteiger partial charge in [0.05, 0.1) is 5.56 Å². The van der Waals surface area contributed by atoms with Crippen molar-refractivity contribution >= 4 is 28.1 Å². The summed E-state index contributed by atoms with van der Waals surface area (Å²) in [7, 11) is 0. The van der Waals surface area contributed by atoms with Gasteiger partial charge in [-0.15, -0.1) is 0 Å². The summed E-state index contributed by atoms with van der Waals surface area (Å²) in [5.41, 5.74) is -0.575. The predicted octanol–water partition coefficient (Wildman–Crippen LogP) is 3.10. The molecular formula is C9H6BrF3N4S. The number of H-pyrrole nitrogens is 1. The van der Waals surface area contributed by atoms with Gasteiger partial charge in [-0.3, -0.25) is 0 Å². The van der Waals surface area contributed by atoms with Crippen LogP contribution < -0.4 is 5.84 Å². The fraction of sp³-hybridized carbons (Fsp3) is 0.111. The molecule has 0 unspecified atom stereocenters. The number of nitrogens with two attached hydrogens (primary N) is 1. The van der Waals surface area contributed by atoms with Crippen LogP contribution in [0.2, 0.25) is 0 Å². The second-order valence-electron chi connectivity index (χ2n) is 3.41. The van der Waals surface area contributed by atoms with Crippen molar-refractivity contribution < 1.29 is 13.2 Å². The normalized spacial score (nSPS) is 11.8. The monoisotopic (exact) mass is 338 g/mol. The van der Waals surface area contributed by atoms with Crippen molar-refractivity contribution in [1.29, 1.82) is 0 Å². The zero-order chi connectivity index (χ0) is 13.5. The standard InChI is InChI=1S/C9H6BrF3N4S/c10-6-2-1-4(9(11,12)13)3-5(6)7-15-16-8(18)17(7)14/h1-3H,14H2,(H,16,18). The zero-order valence-corrected chi connectivity index (χ0v) is 11.0. The molecule has 0 radical (unpaired) electrons. The molecule has 0 saturated carbocycles. The van der Waals surface area contributed by atoms with E-state index in [9.17, 15) is 13.2 Å². The van der Waals surface area contributed by atoms with E-state index in [0.717, 1.165) is 16.8 Å². The molecule has 0 aliphatic rings. The third-order valence-corrected chi connectivity index (χ3v) is 3.22. The van der Waals surface area contributed by atoms with E-state index in [4.69, 9.17) is 18.1 Å². The predicted molar refractivity (Wildman–Crippen MR) is 65.7 cm³/mol. The molecule has 0 bridgehead atoms. The Labute approximate surface area is 113 Å². The Morgan fingerprint density at radius 2 is 2.06 bits per heavy atom. The van der Waals surface area contributed by atoms with Gasteiger partial charge in [-0.1, -0.05) is 15.9 Å². The van der Waals surface area contributed by atoms with Crippen LogP contribution in [-0.4, -0.2) is 14.9 Å². The number of hydrogen-bond donors (Lipinski definition) is 2. The van der Waals surface area contributed by atoms with E-state index in [1.165, 1.54) is 6.07 Å². The molecule has 9 heteroatoms. The van der Waals surface area contributed by atoms with E-state index in [1.807, 2.05) is 0 Å². The molecule has 0 saturated heterocycles. The summed E-state index contributed by atoms with van der Waals surface area (Å²) in [6, 6.07) is 3.21. The Morgan fingerprint density at radius 1 is 1.39 bits per heavy atom. The van der Waals surface area contributed by atoms with Gasteiger partial charge < -0.3 is 5.84 Å². The highest BCUT2D eigenvalue weighted by Gasteiger charge is 2.31. The Morgan fingerprint density at radius 3 is 2.56 bits per heavy atom. The summed E-state index contributed by atoms with van der Waals surface area (Å²) in [6.45, 7) is 0. The quantitative estimate of drug-likeness (QED) is 0.620. The number of nitrogens with one attached hydrogen (secondary N) is 1. The van der Waals surface area contributed by atoms with Gasteiger partial charge in [0.1, 0.15) is 0 Å². The van der Waals surface area contributed by atoms with E-state index in [-0.39, 0.29) is 16.2 Å². The van der Waals surface area contributed by atoms with Gasteiger partial charge in [-0.05, 0) is 30.4 Å². The lowest BCUT2D eigenvalue weighted by Crippen LogP contribution is -2.11. The van der Waals surface area contributed by atoms with E-state index in [1.54, 1.807) is 0 Å². The molecule has 18 heavy (non-hydrogen) atoms. The van der Waals surface area contributed by atoms with Gasteiger partial charge in [0.2, 0.25) is 4.77 Å². The number of hydrogen-bond acceptors (Lipinski definition) is 3. The molecule has 1 aromatic carbocycles. The number of aromatic nitrogens is 3. The van der Waals surface area contributed by atoms with Crippen molar-refractivity contribution in [3.05, 3.63) is 33.0 Å². The first-order valence-corrected chi connectivity index (χ1v) is 5.80. The first-order valence-electron chi connectivity index (χ1n) is 4.60. The van der Waals surface area contributed by atoms with E-state index in [2.05, 4.69) is 26.1 Å². The summed E-state index contributed by atoms with van der Waals surface area (Å²) >= 11 is 7.96. The largest absolute Gasteiger partial charge is 0.416 e. The summed E-state index contributed by atoms with van der Waals surface area (Å²) in [6.07, 6.45) is -4.43. The van der Waals surface area contributed by atoms with E-state index in [0.29, 0.717) is 4.47 Å². The molecule has 3 N–H and O–H groups in total. The van der Waals surface area contributed by atoms with E-state index < -0.39 is 11.7 Å². The number of alkyl halides is 3. The van der Waals surface area contributed by atoms with Crippen molar-refractivity contribution in [2.24, 2.45) is 0 Å². The second-order valence-corrected chi connectivity index (χ2v) is 4.66. The molecule has 0 aliphatic heterocycles. The summed E-state index contributed by atoms with van der Waals surface area (Å²) in [4.78, 5) is 0. The first kappa shape index (κ1) is 13.1. The number of halogens is 4. The van der Waals surface area contributed by atoms with Crippen LogP contribution in [0.5, 0.6) is 0 Å². The second kappa shape index (κ2) is 4.39. The lowest BCUT2D eigenvalue weighted by molar-refractivity contribution is -0.137. The molecule has 0 atom stereocenters. The van der Waals surface area contributed by atoms with Gasteiger partial charge in [-0.25, -0.2) is 9.77 Å². The van der Waals surface area contributed by atoms with Crippen molar-refractivity contribution in [2.75, 3.05) is 5.84 Å². The smallest absolute Gasteiger partial charge is 0.335 e. The van der Waals surface area contributed by atoms with Gasteiger partial charge in [0.25, 0.3) is 0 Å². The molecular weight excluding hydrogens is 333 g/mol. The van der Waals surface area contributed by atoms with Gasteiger partial charge >= 0.3 is 6.18 Å². The van der Waals surface area contributed by atoms with E-state index >= 15 is 0 Å². The number of rotatable bonds is 1. The fourth-order valence-electron chi connectivity index (χ4n) is 1.37. The molecule has 2 aromatic rings. The fourth-order valence-corrected chi connectivity index (χ4v) is 1.92. The number of nitrogens with zero attached hydrogens (tertiary/aromatic N) is 2. The topological polar surface area (TPSA) is 59.6 Å². The average Bonchev–Trinajstić information content (AvgIpc) is 2.59. The molecule has 0 aliphatic carbocycles. The maximum absolute atomic E-state index is 12.6. The Kier molecular flexibility index (Phi) is 3.20. The van der Waals surface area contributed by atoms with Crippen LogP contribution in [-0.2, 0) is 6.18 Å². The molecule has 1 heterocycles. The Balaban J connectivity index is 2.64. The van der Waals surface area contributed by atoms with Crippen molar-refractivity contribution in [1.82, 2.24) is 14.9 Å². The van der Waals surface area contributed by atoms with Crippen molar-refractivity contribution in [2.45, 2.75) is 6.18 Å². The first-order chi connectivity index (χ1) is 8.30. The molecule has 4 nitrogen and oxygen atoms in total. The van der Waals surface area contributed by atoms with Gasteiger partial charge in [0.15, 0.2) is 5.82 Å². The van der Waals surface area contributed by atoms with Crippen LogP contribution in [0.4, 0.5) is 13.2 Å². The molecule has 1 aromatic heterocycles. The van der Waals surface area contributed by atoms with Crippen LogP contribution in [0.25, 0.3) is 11.4 Å². The summed E-state index contributed by atoms with van der Waals surface area (Å²) in [5.74, 6) is 5.70. The summed E-state index contributed by atoms with van der Waals surface area (Å²) < 4.78 is 39.4. The van der Waals surface area contributed by atoms with Crippen LogP contribution in [0.15, 0.2) is 22.7 Å². The molecule has 0 amide bonds. The highest BCUT2D eigenvalue weighted by molar-refractivity contribution is 9.10. The maximum Gasteiger partial charge on any atom is 0.416 e. The lowest BCUT2D eigenvalue weighted by Gasteiger charge is -2.09. The number of aromatic amines is 1. The molecule has 96 valence electrons. The van der Waals surface area contributed by atoms with Crippen molar-refractivity contribution in [3.63, 3.8) is 0 Å². The lowest BCUT2D eigenvalue weighted by atomic mass is 10.1. The van der Waals surface area contributed by atoms with Crippen LogP contribution >= 0.6 is 28.1 Å². The Bertz CT molecular complexity index is 646. The van der Waals surface area contributed by atoms with Crippen molar-refractivity contribution in [3.8, 4) is 11.4 Å². The number of nitrogen functional groups attached to an aromatic ring is 1. The molecule has 2 rings (SSSR count). The molecule has 0 fully saturated rings. The van der Waals surface area contributed by atoms with Crippen LogP contribution in [0.1, 0.15) is 5.56 Å². The highest BCUT2D eigenvalue weighted by Crippen LogP contribution is 2.35. The zero-order valence-electron chi connectivity index (χ0n) is 8.62. The number of benzene rings is 1. The average molecular weight is 339 g/mol. The highest BCUT2D eigenvalue weighted by atomic mass is 79.9. The SMILES string of the molecule is Nn1c(-c2cc(C(F)(F)F)ccc2Br)n[nH]c1=S. The van der Waals surface area contributed by atoms with Crippen LogP contribution in [0, 0.1) is 4.77 Å². The van der Waals surface area contributed by atoms with Gasteiger partial charge in [0, 0.05) is 10.0 Å². The third-order valence-electron chi connectivity index (χ3n) is 2.24. The van der Waals surface area contributed by atoms with Gasteiger partial charge in [-0.2, -0.15) is 18.3 Å². The Hall–Kier alpha value is -1.35. The van der Waals surface area contributed by atoms with Crippen LogP contribution in [0.3, 0.4) is 0 Å². The minimum Gasteiger partial charge on any atom is -0.335 e. The minimum absolute atomic E-state index is 0.120. The maximum atomic E-state index is 12.6. The summed E-state index contributed by atoms with van der Waals surface area (Å²) in [5, 5.41) is 6.20.